The van der Waals surface area contributed by atoms with Gasteiger partial charge in [-0.1, -0.05) is 50.6 Å². The van der Waals surface area contributed by atoms with E-state index in [0.29, 0.717) is 17.2 Å². The van der Waals surface area contributed by atoms with Gasteiger partial charge in [-0.2, -0.15) is 0 Å². The number of ether oxygens (including phenoxy) is 3. The van der Waals surface area contributed by atoms with Gasteiger partial charge in [0.1, 0.15) is 18.0 Å². The Morgan fingerprint density at radius 3 is 1.96 bits per heavy atom. The Hall–Kier alpha value is -4.84. The number of allylic oxidation sites excluding steroid dienone is 2. The second-order valence-corrected chi connectivity index (χ2v) is 11.8. The van der Waals surface area contributed by atoms with Crippen molar-refractivity contribution in [2.75, 3.05) is 25.2 Å². The maximum absolute atomic E-state index is 12.1. The first kappa shape index (κ1) is 50.5. The smallest absolute Gasteiger partial charge is 0.326 e. The van der Waals surface area contributed by atoms with Crippen molar-refractivity contribution < 1.29 is 38.5 Å². The average molecular weight is 710 g/mol. The van der Waals surface area contributed by atoms with Gasteiger partial charge in [0.25, 0.3) is 5.97 Å². The summed E-state index contributed by atoms with van der Waals surface area (Å²) in [6, 6.07) is 13.0. The van der Waals surface area contributed by atoms with Crippen molar-refractivity contribution in [3.63, 3.8) is 0 Å². The second kappa shape index (κ2) is 30.0. The quantitative estimate of drug-likeness (QED) is 0.118. The van der Waals surface area contributed by atoms with Crippen LogP contribution in [0.15, 0.2) is 66.8 Å². The molecule has 0 aromatic heterocycles. The van der Waals surface area contributed by atoms with Crippen molar-refractivity contribution in [1.29, 1.82) is 0 Å². The van der Waals surface area contributed by atoms with Gasteiger partial charge in [-0.05, 0) is 109 Å². The summed E-state index contributed by atoms with van der Waals surface area (Å²) in [4.78, 5) is 45.8. The Balaban J connectivity index is -0.000000667. The van der Waals surface area contributed by atoms with Crippen LogP contribution in [0.25, 0.3) is 0 Å². The lowest BCUT2D eigenvalue weighted by Gasteiger charge is -2.21. The molecule has 3 rings (SSSR count). The highest BCUT2D eigenvalue weighted by Gasteiger charge is 2.24. The molecule has 0 bridgehead atoms. The van der Waals surface area contributed by atoms with Gasteiger partial charge >= 0.3 is 11.9 Å². The molecular weight excluding hydrogens is 646 g/mol. The molecule has 1 amide bonds. The number of carboxylic acid groups (broad SMARTS) is 1. The number of anilines is 1. The summed E-state index contributed by atoms with van der Waals surface area (Å²) in [5, 5.41) is 7.42. The van der Waals surface area contributed by atoms with Crippen LogP contribution in [0.2, 0.25) is 0 Å². The molecule has 0 saturated heterocycles. The highest BCUT2D eigenvalue weighted by atomic mass is 16.5. The number of aryl methyl sites for hydroxylation is 2. The highest BCUT2D eigenvalue weighted by Crippen LogP contribution is 2.27. The number of nitrogens with zero attached hydrogens (tertiary/aromatic N) is 1. The zero-order chi connectivity index (χ0) is 40.0. The predicted octanol–water partition coefficient (Wildman–Crippen LogP) is 9.41. The largest absolute Gasteiger partial charge is 0.497 e. The van der Waals surface area contributed by atoms with Crippen molar-refractivity contribution in [1.82, 2.24) is 0 Å². The molecule has 0 unspecified atom stereocenters. The summed E-state index contributed by atoms with van der Waals surface area (Å²) in [5.41, 5.74) is 4.36. The molecule has 0 spiro atoms. The molecule has 0 atom stereocenters. The van der Waals surface area contributed by atoms with E-state index in [0.717, 1.165) is 19.8 Å². The fraction of sp³-hybridized carbons (Fsp3) is 0.476. The molecule has 9 nitrogen and oxygen atoms in total. The maximum atomic E-state index is 12.1. The minimum absolute atomic E-state index is 0.131. The van der Waals surface area contributed by atoms with Gasteiger partial charge in [0, 0.05) is 25.1 Å². The van der Waals surface area contributed by atoms with E-state index in [1.165, 1.54) is 46.9 Å². The van der Waals surface area contributed by atoms with Crippen LogP contribution in [0.4, 0.5) is 5.69 Å². The summed E-state index contributed by atoms with van der Waals surface area (Å²) in [7, 11) is 1.54. The van der Waals surface area contributed by atoms with E-state index in [1.807, 2.05) is 46.8 Å². The number of hydrogen-bond acceptors (Lipinski definition) is 7. The molecule has 9 heteroatoms. The van der Waals surface area contributed by atoms with Gasteiger partial charge in [-0.3, -0.25) is 19.2 Å². The van der Waals surface area contributed by atoms with Crippen molar-refractivity contribution in [2.45, 2.75) is 108 Å². The van der Waals surface area contributed by atoms with Crippen LogP contribution >= 0.6 is 0 Å². The van der Waals surface area contributed by atoms with Gasteiger partial charge in [0.2, 0.25) is 5.91 Å². The standard InChI is InChI=1S/C15H19NO4.C15H20O2.C6H12.C2H4O2.C2H6.C2H2/c1-4-7-14(17)16(11-15(18)20-5-2)12-8-6-9-13(10-12)19-3;1-15(2,3)14(16)17-13-9-8-11-6-4-5-7-12(11)10-13;1-4-6(3)5-2;1-2(3)4;2*1-2/h4,6,8-10H,1,5,7,11H2,2-3H3;8-10H,4-7H2,1-3H3;4H,5H2,1-3H3;1H3,(H,3,4);1-2H3;1-2H/b;;6-4+;;;. The number of fused-ring (bicyclic) bond motifs is 1. The SMILES string of the molecule is C#C.C/C=C(\C)CC.C=CCC(=O)N(CC(=O)OCC)c1cccc(OC)c1.CC.CC(=O)O.CC(C)(C)C(=O)Oc1ccc2c(c1)CCCC2. The van der Waals surface area contributed by atoms with Gasteiger partial charge in [0.15, 0.2) is 0 Å². The molecule has 1 N–H and O–H groups in total. The van der Waals surface area contributed by atoms with Crippen LogP contribution in [-0.2, 0) is 36.8 Å². The number of terminal acetylenes is 1. The number of carbonyl (C=O) groups is 4. The van der Waals surface area contributed by atoms with Crippen molar-refractivity contribution in [2.24, 2.45) is 5.41 Å². The monoisotopic (exact) mass is 709 g/mol. The first-order valence-corrected chi connectivity index (χ1v) is 17.3. The average Bonchev–Trinajstić information content (AvgIpc) is 3.12. The number of rotatable bonds is 9. The molecular formula is C42H63NO8. The summed E-state index contributed by atoms with van der Waals surface area (Å²) < 4.78 is 15.4. The minimum Gasteiger partial charge on any atom is -0.497 e. The lowest BCUT2D eigenvalue weighted by atomic mass is 9.91. The Bertz CT molecular complexity index is 1360. The van der Waals surface area contributed by atoms with Gasteiger partial charge < -0.3 is 24.2 Å². The number of hydrogen-bond donors (Lipinski definition) is 1. The second-order valence-electron chi connectivity index (χ2n) is 11.8. The van der Waals surface area contributed by atoms with E-state index in [-0.39, 0.29) is 31.4 Å². The van der Waals surface area contributed by atoms with Gasteiger partial charge in [-0.15, -0.1) is 19.4 Å². The van der Waals surface area contributed by atoms with Gasteiger partial charge in [0.05, 0.1) is 19.1 Å². The Morgan fingerprint density at radius 1 is 0.941 bits per heavy atom. The topological polar surface area (TPSA) is 119 Å². The molecule has 1 aliphatic rings. The van der Waals surface area contributed by atoms with E-state index >= 15 is 0 Å². The lowest BCUT2D eigenvalue weighted by Crippen LogP contribution is -2.36. The number of methoxy groups -OCH3 is 1. The summed E-state index contributed by atoms with van der Waals surface area (Å²) in [6.45, 7) is 22.5. The zero-order valence-corrected chi connectivity index (χ0v) is 33.0. The fourth-order valence-electron chi connectivity index (χ4n) is 3.91. The van der Waals surface area contributed by atoms with Crippen LogP contribution in [0, 0.1) is 18.3 Å². The Morgan fingerprint density at radius 2 is 1.51 bits per heavy atom. The third-order valence-electron chi connectivity index (χ3n) is 6.77. The number of aliphatic carboxylic acids is 1. The number of esters is 2. The predicted molar refractivity (Wildman–Crippen MR) is 209 cm³/mol. The molecule has 2 aromatic rings. The third-order valence-corrected chi connectivity index (χ3v) is 6.77. The van der Waals surface area contributed by atoms with Crippen LogP contribution < -0.4 is 14.4 Å². The summed E-state index contributed by atoms with van der Waals surface area (Å²) in [5.74, 6) is -0.379. The molecule has 2 aromatic carbocycles. The molecule has 0 heterocycles. The van der Waals surface area contributed by atoms with Crippen molar-refractivity contribution >= 4 is 29.5 Å². The molecule has 0 saturated carbocycles. The van der Waals surface area contributed by atoms with E-state index < -0.39 is 17.4 Å². The first-order valence-electron chi connectivity index (χ1n) is 17.3. The zero-order valence-electron chi connectivity index (χ0n) is 33.0. The lowest BCUT2D eigenvalue weighted by molar-refractivity contribution is -0.143. The van der Waals surface area contributed by atoms with Crippen molar-refractivity contribution in [3.8, 4) is 24.3 Å². The number of amides is 1. The van der Waals surface area contributed by atoms with Gasteiger partial charge in [-0.25, -0.2) is 0 Å². The summed E-state index contributed by atoms with van der Waals surface area (Å²) in [6.07, 6.45) is 17.8. The molecule has 51 heavy (non-hydrogen) atoms. The minimum atomic E-state index is -0.833. The van der Waals surface area contributed by atoms with Crippen LogP contribution in [0.5, 0.6) is 11.5 Å². The molecule has 0 aliphatic heterocycles. The first-order chi connectivity index (χ1) is 24.1. The third kappa shape index (κ3) is 24.0. The number of carbonyl (C=O) groups excluding carboxylic acids is 3. The van der Waals surface area contributed by atoms with E-state index in [2.05, 4.69) is 52.3 Å². The molecule has 0 fully saturated rings. The highest BCUT2D eigenvalue weighted by molar-refractivity contribution is 5.98. The van der Waals surface area contributed by atoms with Crippen LogP contribution in [0.1, 0.15) is 106 Å². The van der Waals surface area contributed by atoms with Crippen LogP contribution in [0.3, 0.4) is 0 Å². The summed E-state index contributed by atoms with van der Waals surface area (Å²) >= 11 is 0. The Labute approximate surface area is 308 Å². The number of carboxylic acids is 1. The Kier molecular flexibility index (Phi) is 29.8. The molecule has 284 valence electrons. The van der Waals surface area contributed by atoms with E-state index in [1.54, 1.807) is 38.3 Å². The van der Waals surface area contributed by atoms with E-state index in [4.69, 9.17) is 24.1 Å². The van der Waals surface area contributed by atoms with E-state index in [9.17, 15) is 14.4 Å². The van der Waals surface area contributed by atoms with Crippen LogP contribution in [-0.4, -0.2) is 49.2 Å². The number of benzene rings is 2. The maximum Gasteiger partial charge on any atom is 0.326 e. The normalized spacial score (nSPS) is 11.0. The molecule has 1 aliphatic carbocycles. The van der Waals surface area contributed by atoms with Crippen molar-refractivity contribution in [3.05, 3.63) is 77.9 Å². The fourth-order valence-corrected chi connectivity index (χ4v) is 3.91. The molecule has 0 radical (unpaired) electrons.